The topological polar surface area (TPSA) is 43.8 Å². The zero-order valence-corrected chi connectivity index (χ0v) is 9.37. The van der Waals surface area contributed by atoms with Crippen molar-refractivity contribution in [3.63, 3.8) is 0 Å². The minimum Gasteiger partial charge on any atom is -0.369 e. The molecule has 0 radical (unpaired) electrons. The van der Waals surface area contributed by atoms with Crippen molar-refractivity contribution in [1.82, 2.24) is 9.55 Å². The molecule has 2 aromatic rings. The molecular formula is C12H14FN3. The van der Waals surface area contributed by atoms with Crippen LogP contribution in [0.1, 0.15) is 17.0 Å². The second kappa shape index (κ2) is 3.96. The lowest BCUT2D eigenvalue weighted by atomic mass is 10.1. The van der Waals surface area contributed by atoms with E-state index in [4.69, 9.17) is 5.73 Å². The zero-order valence-electron chi connectivity index (χ0n) is 9.37. The first-order valence-electron chi connectivity index (χ1n) is 5.10. The number of hydrogen-bond acceptors (Lipinski definition) is 2. The van der Waals surface area contributed by atoms with Gasteiger partial charge in [-0.3, -0.25) is 0 Å². The van der Waals surface area contributed by atoms with Crippen LogP contribution < -0.4 is 5.73 Å². The number of hydrogen-bond donors (Lipinski definition) is 1. The summed E-state index contributed by atoms with van der Waals surface area (Å²) in [5, 5.41) is 0. The van der Waals surface area contributed by atoms with Crippen LogP contribution in [0, 0.1) is 12.7 Å². The molecular weight excluding hydrogens is 205 g/mol. The van der Waals surface area contributed by atoms with Gasteiger partial charge < -0.3 is 10.3 Å². The molecule has 0 saturated carbocycles. The molecule has 2 N–H and O–H groups in total. The summed E-state index contributed by atoms with van der Waals surface area (Å²) in [7, 11) is 1.88. The SMILES string of the molecule is Cc1c(Cc2ccc(F)cc2)nc(N)n1C. The lowest BCUT2D eigenvalue weighted by Crippen LogP contribution is -1.98. The number of nitrogens with two attached hydrogens (primary N) is 1. The van der Waals surface area contributed by atoms with Gasteiger partial charge in [0.1, 0.15) is 5.82 Å². The lowest BCUT2D eigenvalue weighted by molar-refractivity contribution is 0.627. The molecule has 84 valence electrons. The number of aromatic nitrogens is 2. The summed E-state index contributed by atoms with van der Waals surface area (Å²) < 4.78 is 14.6. The number of nitrogens with zero attached hydrogens (tertiary/aromatic N) is 2. The van der Waals surface area contributed by atoms with Crippen molar-refractivity contribution >= 4 is 5.95 Å². The zero-order chi connectivity index (χ0) is 11.7. The van der Waals surface area contributed by atoms with E-state index in [2.05, 4.69) is 4.98 Å². The minimum atomic E-state index is -0.221. The van der Waals surface area contributed by atoms with Crippen molar-refractivity contribution in [2.24, 2.45) is 7.05 Å². The Balaban J connectivity index is 2.27. The van der Waals surface area contributed by atoms with Crippen molar-refractivity contribution in [3.8, 4) is 0 Å². The molecule has 0 amide bonds. The van der Waals surface area contributed by atoms with E-state index < -0.39 is 0 Å². The Hall–Kier alpha value is -1.84. The van der Waals surface area contributed by atoms with Gasteiger partial charge in [-0.2, -0.15) is 0 Å². The minimum absolute atomic E-state index is 0.221. The highest BCUT2D eigenvalue weighted by Gasteiger charge is 2.08. The van der Waals surface area contributed by atoms with E-state index in [-0.39, 0.29) is 5.82 Å². The molecule has 0 spiro atoms. The highest BCUT2D eigenvalue weighted by Crippen LogP contribution is 2.15. The van der Waals surface area contributed by atoms with Crippen LogP contribution in [0.15, 0.2) is 24.3 Å². The second-order valence-corrected chi connectivity index (χ2v) is 3.86. The fourth-order valence-electron chi connectivity index (χ4n) is 1.62. The molecule has 0 bridgehead atoms. The Labute approximate surface area is 93.7 Å². The molecule has 0 unspecified atom stereocenters. The molecule has 2 rings (SSSR count). The van der Waals surface area contributed by atoms with E-state index in [9.17, 15) is 4.39 Å². The Morgan fingerprint density at radius 1 is 1.31 bits per heavy atom. The Morgan fingerprint density at radius 2 is 1.94 bits per heavy atom. The number of anilines is 1. The van der Waals surface area contributed by atoms with Crippen LogP contribution in [0.3, 0.4) is 0 Å². The van der Waals surface area contributed by atoms with Gasteiger partial charge in [0.2, 0.25) is 0 Å². The van der Waals surface area contributed by atoms with Crippen molar-refractivity contribution in [3.05, 3.63) is 47.0 Å². The van der Waals surface area contributed by atoms with Gasteiger partial charge in [-0.25, -0.2) is 9.37 Å². The fourth-order valence-corrected chi connectivity index (χ4v) is 1.62. The van der Waals surface area contributed by atoms with Crippen LogP contribution >= 0.6 is 0 Å². The first-order chi connectivity index (χ1) is 7.58. The molecule has 3 nitrogen and oxygen atoms in total. The lowest BCUT2D eigenvalue weighted by Gasteiger charge is -2.00. The molecule has 16 heavy (non-hydrogen) atoms. The number of benzene rings is 1. The molecule has 0 aliphatic carbocycles. The summed E-state index contributed by atoms with van der Waals surface area (Å²) in [6.07, 6.45) is 0.678. The quantitative estimate of drug-likeness (QED) is 0.840. The third-order valence-electron chi connectivity index (χ3n) is 2.80. The summed E-state index contributed by atoms with van der Waals surface area (Å²) in [4.78, 5) is 4.27. The smallest absolute Gasteiger partial charge is 0.200 e. The predicted octanol–water partition coefficient (Wildman–Crippen LogP) is 2.04. The first-order valence-corrected chi connectivity index (χ1v) is 5.10. The fraction of sp³-hybridized carbons (Fsp3) is 0.250. The first kappa shape index (κ1) is 10.7. The Kier molecular flexibility index (Phi) is 2.64. The summed E-state index contributed by atoms with van der Waals surface area (Å²) in [5.41, 5.74) is 8.72. The highest BCUT2D eigenvalue weighted by atomic mass is 19.1. The van der Waals surface area contributed by atoms with Gasteiger partial charge in [0.05, 0.1) is 5.69 Å². The van der Waals surface area contributed by atoms with Gasteiger partial charge in [0, 0.05) is 19.2 Å². The van der Waals surface area contributed by atoms with Gasteiger partial charge in [-0.1, -0.05) is 12.1 Å². The maximum absolute atomic E-state index is 12.7. The van der Waals surface area contributed by atoms with Gasteiger partial charge in [0.25, 0.3) is 0 Å². The Morgan fingerprint density at radius 3 is 2.44 bits per heavy atom. The van der Waals surface area contributed by atoms with Crippen LogP contribution in [-0.2, 0) is 13.5 Å². The van der Waals surface area contributed by atoms with Crippen molar-refractivity contribution in [2.75, 3.05) is 5.73 Å². The average Bonchev–Trinajstić information content (AvgIpc) is 2.50. The van der Waals surface area contributed by atoms with E-state index in [1.807, 2.05) is 18.5 Å². The third kappa shape index (κ3) is 1.91. The molecule has 0 saturated heterocycles. The van der Waals surface area contributed by atoms with Gasteiger partial charge in [0.15, 0.2) is 5.95 Å². The molecule has 0 atom stereocenters. The highest BCUT2D eigenvalue weighted by molar-refractivity contribution is 5.32. The summed E-state index contributed by atoms with van der Waals surface area (Å²) in [6.45, 7) is 1.97. The van der Waals surface area contributed by atoms with E-state index in [1.54, 1.807) is 12.1 Å². The van der Waals surface area contributed by atoms with E-state index in [0.29, 0.717) is 12.4 Å². The van der Waals surface area contributed by atoms with Crippen LogP contribution in [0.4, 0.5) is 10.3 Å². The molecule has 1 aromatic carbocycles. The Bertz CT molecular complexity index is 500. The van der Waals surface area contributed by atoms with Crippen molar-refractivity contribution < 1.29 is 4.39 Å². The van der Waals surface area contributed by atoms with Crippen LogP contribution in [0.5, 0.6) is 0 Å². The second-order valence-electron chi connectivity index (χ2n) is 3.86. The monoisotopic (exact) mass is 219 g/mol. The van der Waals surface area contributed by atoms with Gasteiger partial charge in [-0.05, 0) is 24.6 Å². The number of rotatable bonds is 2. The van der Waals surface area contributed by atoms with E-state index in [1.165, 1.54) is 12.1 Å². The standard InChI is InChI=1S/C12H14FN3/c1-8-11(15-12(14)16(8)2)7-9-3-5-10(13)6-4-9/h3-6H,7H2,1-2H3,(H2,14,15). The number of nitrogen functional groups attached to an aromatic ring is 1. The maximum atomic E-state index is 12.7. The van der Waals surface area contributed by atoms with Crippen LogP contribution in [0.25, 0.3) is 0 Å². The predicted molar refractivity (Wildman–Crippen MR) is 61.6 cm³/mol. The van der Waals surface area contributed by atoms with Gasteiger partial charge >= 0.3 is 0 Å². The van der Waals surface area contributed by atoms with E-state index >= 15 is 0 Å². The maximum Gasteiger partial charge on any atom is 0.200 e. The molecule has 0 aliphatic heterocycles. The molecule has 4 heteroatoms. The summed E-state index contributed by atoms with van der Waals surface area (Å²) >= 11 is 0. The van der Waals surface area contributed by atoms with Crippen LogP contribution in [0.2, 0.25) is 0 Å². The van der Waals surface area contributed by atoms with E-state index in [0.717, 1.165) is 17.0 Å². The average molecular weight is 219 g/mol. The molecule has 1 heterocycles. The summed E-state index contributed by atoms with van der Waals surface area (Å²) in [5.74, 6) is 0.288. The normalized spacial score (nSPS) is 10.7. The molecule has 0 fully saturated rings. The number of halogens is 1. The number of imidazole rings is 1. The largest absolute Gasteiger partial charge is 0.369 e. The summed E-state index contributed by atoms with van der Waals surface area (Å²) in [6, 6.07) is 6.44. The van der Waals surface area contributed by atoms with Gasteiger partial charge in [-0.15, -0.1) is 0 Å². The molecule has 1 aromatic heterocycles. The third-order valence-corrected chi connectivity index (χ3v) is 2.80. The van der Waals surface area contributed by atoms with Crippen molar-refractivity contribution in [2.45, 2.75) is 13.3 Å². The van der Waals surface area contributed by atoms with Crippen molar-refractivity contribution in [1.29, 1.82) is 0 Å². The van der Waals surface area contributed by atoms with Crippen LogP contribution in [-0.4, -0.2) is 9.55 Å². The molecule has 0 aliphatic rings.